The fraction of sp³-hybridized carbons (Fsp3) is 0.545. The number of anilines is 1. The SMILES string of the molecule is Cc1csc(C(C)Nc2nnc(C3CC3)o2)n1. The van der Waals surface area contributed by atoms with Gasteiger partial charge in [0.15, 0.2) is 0 Å². The molecule has 0 aromatic carbocycles. The Kier molecular flexibility index (Phi) is 2.58. The maximum absolute atomic E-state index is 5.55. The van der Waals surface area contributed by atoms with Crippen LogP contribution in [-0.4, -0.2) is 15.2 Å². The maximum atomic E-state index is 5.55. The molecule has 5 nitrogen and oxygen atoms in total. The molecule has 1 aliphatic carbocycles. The molecule has 90 valence electrons. The second kappa shape index (κ2) is 4.10. The Labute approximate surface area is 103 Å². The summed E-state index contributed by atoms with van der Waals surface area (Å²) >= 11 is 1.64. The molecule has 1 atom stereocenters. The van der Waals surface area contributed by atoms with Gasteiger partial charge in [-0.05, 0) is 26.7 Å². The van der Waals surface area contributed by atoms with Crippen LogP contribution in [0.1, 0.15) is 48.3 Å². The molecule has 1 N–H and O–H groups in total. The van der Waals surface area contributed by atoms with Crippen LogP contribution >= 0.6 is 11.3 Å². The Bertz CT molecular complexity index is 517. The van der Waals surface area contributed by atoms with Gasteiger partial charge < -0.3 is 9.73 Å². The minimum Gasteiger partial charge on any atom is -0.408 e. The standard InChI is InChI=1S/C11H14N4OS/c1-6-5-17-10(12-6)7(2)13-11-15-14-9(16-11)8-3-4-8/h5,7-8H,3-4H2,1-2H3,(H,13,15). The molecule has 2 heterocycles. The Balaban J connectivity index is 1.68. The van der Waals surface area contributed by atoms with Crippen molar-refractivity contribution in [3.63, 3.8) is 0 Å². The van der Waals surface area contributed by atoms with E-state index >= 15 is 0 Å². The van der Waals surface area contributed by atoms with E-state index in [0.717, 1.165) is 16.6 Å². The van der Waals surface area contributed by atoms with Crippen LogP contribution in [0.3, 0.4) is 0 Å². The second-order valence-corrected chi connectivity index (χ2v) is 5.30. The zero-order valence-corrected chi connectivity index (χ0v) is 10.6. The first-order valence-corrected chi connectivity index (χ1v) is 6.62. The van der Waals surface area contributed by atoms with Crippen molar-refractivity contribution in [1.29, 1.82) is 0 Å². The minimum atomic E-state index is 0.0983. The summed E-state index contributed by atoms with van der Waals surface area (Å²) in [7, 11) is 0. The molecule has 17 heavy (non-hydrogen) atoms. The van der Waals surface area contributed by atoms with Crippen molar-refractivity contribution in [2.75, 3.05) is 5.32 Å². The van der Waals surface area contributed by atoms with Crippen molar-refractivity contribution < 1.29 is 4.42 Å². The first-order valence-electron chi connectivity index (χ1n) is 5.74. The van der Waals surface area contributed by atoms with E-state index in [0.29, 0.717) is 11.9 Å². The highest BCUT2D eigenvalue weighted by molar-refractivity contribution is 7.09. The summed E-state index contributed by atoms with van der Waals surface area (Å²) in [5, 5.41) is 14.3. The van der Waals surface area contributed by atoms with Crippen LogP contribution in [0.2, 0.25) is 0 Å². The molecule has 0 amide bonds. The van der Waals surface area contributed by atoms with Crippen molar-refractivity contribution >= 4 is 17.4 Å². The number of nitrogens with zero attached hydrogens (tertiary/aromatic N) is 3. The third-order valence-corrected chi connectivity index (χ3v) is 3.86. The predicted molar refractivity (Wildman–Crippen MR) is 65.2 cm³/mol. The summed E-state index contributed by atoms with van der Waals surface area (Å²) in [5.41, 5.74) is 1.04. The number of aryl methyl sites for hydroxylation is 1. The Morgan fingerprint density at radius 2 is 2.29 bits per heavy atom. The summed E-state index contributed by atoms with van der Waals surface area (Å²) in [5.74, 6) is 1.26. The van der Waals surface area contributed by atoms with Crippen LogP contribution in [0.5, 0.6) is 0 Å². The van der Waals surface area contributed by atoms with Crippen molar-refractivity contribution in [2.45, 2.75) is 38.6 Å². The van der Waals surface area contributed by atoms with E-state index in [1.807, 2.05) is 19.2 Å². The van der Waals surface area contributed by atoms with E-state index in [1.54, 1.807) is 11.3 Å². The van der Waals surface area contributed by atoms with Gasteiger partial charge in [-0.2, -0.15) is 0 Å². The smallest absolute Gasteiger partial charge is 0.316 e. The van der Waals surface area contributed by atoms with Gasteiger partial charge in [0.2, 0.25) is 5.89 Å². The summed E-state index contributed by atoms with van der Waals surface area (Å²) in [6.45, 7) is 4.03. The van der Waals surface area contributed by atoms with Gasteiger partial charge in [-0.3, -0.25) is 0 Å². The lowest BCUT2D eigenvalue weighted by atomic mass is 10.3. The van der Waals surface area contributed by atoms with Gasteiger partial charge in [-0.25, -0.2) is 4.98 Å². The summed E-state index contributed by atoms with van der Waals surface area (Å²) in [6.07, 6.45) is 2.34. The molecule has 3 rings (SSSR count). The topological polar surface area (TPSA) is 63.8 Å². The molecule has 1 fully saturated rings. The zero-order valence-electron chi connectivity index (χ0n) is 9.80. The molecule has 0 aliphatic heterocycles. The van der Waals surface area contributed by atoms with Crippen molar-refractivity contribution in [2.24, 2.45) is 0 Å². The van der Waals surface area contributed by atoms with E-state index in [2.05, 4.69) is 20.5 Å². The van der Waals surface area contributed by atoms with Gasteiger partial charge in [0.05, 0.1) is 6.04 Å². The lowest BCUT2D eigenvalue weighted by molar-refractivity contribution is 0.503. The molecule has 1 aliphatic rings. The van der Waals surface area contributed by atoms with E-state index in [-0.39, 0.29) is 6.04 Å². The molecule has 1 unspecified atom stereocenters. The third kappa shape index (κ3) is 2.31. The monoisotopic (exact) mass is 250 g/mol. The van der Waals surface area contributed by atoms with E-state index in [1.165, 1.54) is 12.8 Å². The van der Waals surface area contributed by atoms with Crippen LogP contribution in [0.25, 0.3) is 0 Å². The molecule has 0 bridgehead atoms. The van der Waals surface area contributed by atoms with Gasteiger partial charge in [0.1, 0.15) is 5.01 Å². The van der Waals surface area contributed by atoms with Gasteiger partial charge in [0.25, 0.3) is 0 Å². The first-order chi connectivity index (χ1) is 8.22. The predicted octanol–water partition coefficient (Wildman–Crippen LogP) is 2.89. The van der Waals surface area contributed by atoms with E-state index in [4.69, 9.17) is 4.42 Å². The Morgan fingerprint density at radius 1 is 1.47 bits per heavy atom. The average molecular weight is 250 g/mol. The van der Waals surface area contributed by atoms with Gasteiger partial charge in [0, 0.05) is 17.0 Å². The van der Waals surface area contributed by atoms with E-state index < -0.39 is 0 Å². The molecule has 1 saturated carbocycles. The quantitative estimate of drug-likeness (QED) is 0.903. The molecule has 2 aromatic heterocycles. The van der Waals surface area contributed by atoms with Gasteiger partial charge >= 0.3 is 6.01 Å². The van der Waals surface area contributed by atoms with Crippen molar-refractivity contribution in [1.82, 2.24) is 15.2 Å². The highest BCUT2D eigenvalue weighted by atomic mass is 32.1. The average Bonchev–Trinajstić information content (AvgIpc) is 2.90. The molecular formula is C11H14N4OS. The van der Waals surface area contributed by atoms with Crippen molar-refractivity contribution in [3.8, 4) is 0 Å². The Hall–Kier alpha value is -1.43. The highest BCUT2D eigenvalue weighted by Gasteiger charge is 2.29. The van der Waals surface area contributed by atoms with Crippen LogP contribution in [0.15, 0.2) is 9.80 Å². The fourth-order valence-corrected chi connectivity index (χ4v) is 2.41. The second-order valence-electron chi connectivity index (χ2n) is 4.41. The third-order valence-electron chi connectivity index (χ3n) is 2.71. The lowest BCUT2D eigenvalue weighted by Crippen LogP contribution is -2.06. The molecule has 0 spiro atoms. The normalized spacial score (nSPS) is 17.1. The molecule has 0 saturated heterocycles. The largest absolute Gasteiger partial charge is 0.408 e. The van der Waals surface area contributed by atoms with Gasteiger partial charge in [-0.15, -0.1) is 16.4 Å². The number of rotatable bonds is 4. The molecule has 6 heteroatoms. The summed E-state index contributed by atoms with van der Waals surface area (Å²) in [4.78, 5) is 4.43. The van der Waals surface area contributed by atoms with Crippen LogP contribution in [0.4, 0.5) is 6.01 Å². The van der Waals surface area contributed by atoms with Gasteiger partial charge in [-0.1, -0.05) is 5.10 Å². The molecule has 0 radical (unpaired) electrons. The number of nitrogens with one attached hydrogen (secondary N) is 1. The summed E-state index contributed by atoms with van der Waals surface area (Å²) in [6, 6.07) is 0.591. The van der Waals surface area contributed by atoms with Crippen LogP contribution in [0, 0.1) is 6.92 Å². The number of thiazole rings is 1. The molecular weight excluding hydrogens is 236 g/mol. The number of aromatic nitrogens is 3. The number of hydrogen-bond acceptors (Lipinski definition) is 6. The Morgan fingerprint density at radius 3 is 2.94 bits per heavy atom. The zero-order chi connectivity index (χ0) is 11.8. The minimum absolute atomic E-state index is 0.0983. The fourth-order valence-electron chi connectivity index (χ4n) is 1.61. The lowest BCUT2D eigenvalue weighted by Gasteiger charge is -2.07. The first kappa shape index (κ1) is 10.7. The van der Waals surface area contributed by atoms with Crippen LogP contribution < -0.4 is 5.32 Å². The highest BCUT2D eigenvalue weighted by Crippen LogP contribution is 2.39. The maximum Gasteiger partial charge on any atom is 0.316 e. The summed E-state index contributed by atoms with van der Waals surface area (Å²) < 4.78 is 5.55. The van der Waals surface area contributed by atoms with E-state index in [9.17, 15) is 0 Å². The van der Waals surface area contributed by atoms with Crippen LogP contribution in [-0.2, 0) is 0 Å². The van der Waals surface area contributed by atoms with Crippen molar-refractivity contribution in [3.05, 3.63) is 22.0 Å². The number of hydrogen-bond donors (Lipinski definition) is 1. The molecule has 2 aromatic rings.